The highest BCUT2D eigenvalue weighted by Gasteiger charge is 2.29. The minimum Gasteiger partial charge on any atom is -0.345 e. The topological polar surface area (TPSA) is 39.7 Å². The van der Waals surface area contributed by atoms with Gasteiger partial charge in [0, 0.05) is 44.0 Å². The number of aromatic nitrogens is 1. The monoisotopic (exact) mass is 376 g/mol. The molecule has 6 heteroatoms. The molecule has 0 unspecified atom stereocenters. The Kier molecular flexibility index (Phi) is 6.10. The van der Waals surface area contributed by atoms with Gasteiger partial charge in [-0.25, -0.2) is 4.98 Å². The van der Waals surface area contributed by atoms with Gasteiger partial charge in [0.15, 0.2) is 5.13 Å². The van der Waals surface area contributed by atoms with Crippen LogP contribution in [0.15, 0.2) is 5.38 Å². The lowest BCUT2D eigenvalue weighted by atomic mass is 9.88. The van der Waals surface area contributed by atoms with E-state index in [4.69, 9.17) is 4.98 Å². The number of anilines is 1. The highest BCUT2D eigenvalue weighted by Crippen LogP contribution is 2.27. The number of rotatable bonds is 4. The lowest BCUT2D eigenvalue weighted by Gasteiger charge is -2.37. The molecule has 1 amide bonds. The number of amides is 1. The van der Waals surface area contributed by atoms with Crippen molar-refractivity contribution in [3.05, 3.63) is 11.1 Å². The number of hydrogen-bond donors (Lipinski definition) is 0. The number of thiazole rings is 1. The summed E-state index contributed by atoms with van der Waals surface area (Å²) in [6.07, 6.45) is 10.0. The van der Waals surface area contributed by atoms with Crippen LogP contribution in [-0.4, -0.2) is 60.0 Å². The van der Waals surface area contributed by atoms with Gasteiger partial charge in [-0.05, 0) is 38.8 Å². The van der Waals surface area contributed by atoms with Gasteiger partial charge in [0.25, 0.3) is 0 Å². The molecule has 4 rings (SSSR count). The number of hydrogen-bond acceptors (Lipinski definition) is 5. The number of nitrogens with zero attached hydrogens (tertiary/aromatic N) is 4. The second kappa shape index (κ2) is 8.70. The lowest BCUT2D eigenvalue weighted by molar-refractivity contribution is -0.136. The van der Waals surface area contributed by atoms with Gasteiger partial charge >= 0.3 is 0 Å². The number of piperidine rings is 1. The molecule has 5 nitrogen and oxygen atoms in total. The summed E-state index contributed by atoms with van der Waals surface area (Å²) in [5.41, 5.74) is 1.22. The fourth-order valence-corrected chi connectivity index (χ4v) is 5.46. The molecule has 144 valence electrons. The van der Waals surface area contributed by atoms with Gasteiger partial charge in [0.2, 0.25) is 5.91 Å². The van der Waals surface area contributed by atoms with Crippen LogP contribution in [0.2, 0.25) is 0 Å². The van der Waals surface area contributed by atoms with E-state index >= 15 is 0 Å². The Morgan fingerprint density at radius 2 is 1.65 bits per heavy atom. The molecule has 1 aliphatic carbocycles. The van der Waals surface area contributed by atoms with Crippen LogP contribution in [0.3, 0.4) is 0 Å². The molecule has 0 radical (unpaired) electrons. The average Bonchev–Trinajstić information content (AvgIpc) is 3.17. The molecule has 0 N–H and O–H groups in total. The molecular weight excluding hydrogens is 344 g/mol. The highest BCUT2D eigenvalue weighted by atomic mass is 32.1. The summed E-state index contributed by atoms with van der Waals surface area (Å²) in [6.45, 7) is 7.00. The molecule has 2 saturated heterocycles. The lowest BCUT2D eigenvalue weighted by Crippen LogP contribution is -2.50. The number of carbonyl (C=O) groups is 1. The Bertz CT molecular complexity index is 584. The van der Waals surface area contributed by atoms with E-state index in [2.05, 4.69) is 20.1 Å². The largest absolute Gasteiger partial charge is 0.345 e. The molecule has 26 heavy (non-hydrogen) atoms. The summed E-state index contributed by atoms with van der Waals surface area (Å²) in [7, 11) is 0. The first-order valence-electron chi connectivity index (χ1n) is 10.5. The van der Waals surface area contributed by atoms with Gasteiger partial charge < -0.3 is 9.80 Å². The molecule has 2 aliphatic heterocycles. The molecule has 0 bridgehead atoms. The third-order valence-electron chi connectivity index (χ3n) is 6.19. The summed E-state index contributed by atoms with van der Waals surface area (Å²) in [4.78, 5) is 24.6. The second-order valence-corrected chi connectivity index (χ2v) is 8.94. The summed E-state index contributed by atoms with van der Waals surface area (Å²) >= 11 is 1.77. The van der Waals surface area contributed by atoms with Crippen LogP contribution < -0.4 is 4.90 Å². The Hall–Kier alpha value is -1.14. The maximum absolute atomic E-state index is 12.7. The fourth-order valence-electron chi connectivity index (χ4n) is 4.59. The van der Waals surface area contributed by atoms with Gasteiger partial charge in [-0.15, -0.1) is 11.3 Å². The van der Waals surface area contributed by atoms with Crippen molar-refractivity contribution in [1.82, 2.24) is 14.8 Å². The van der Waals surface area contributed by atoms with Crippen molar-refractivity contribution in [2.45, 2.75) is 57.9 Å². The normalized spacial score (nSPS) is 23.4. The predicted octanol–water partition coefficient (Wildman–Crippen LogP) is 3.36. The molecule has 1 saturated carbocycles. The van der Waals surface area contributed by atoms with Crippen LogP contribution in [0, 0.1) is 5.92 Å². The number of likely N-dealkylation sites (tertiary alicyclic amines) is 1. The van der Waals surface area contributed by atoms with E-state index < -0.39 is 0 Å². The minimum atomic E-state index is 0.298. The molecular formula is C20H32N4OS. The van der Waals surface area contributed by atoms with Crippen molar-refractivity contribution in [3.8, 4) is 0 Å². The van der Waals surface area contributed by atoms with Crippen LogP contribution in [0.5, 0.6) is 0 Å². The smallest absolute Gasteiger partial charge is 0.225 e. The molecule has 1 aromatic rings. The van der Waals surface area contributed by atoms with Crippen LogP contribution in [-0.2, 0) is 11.3 Å². The number of carbonyl (C=O) groups excluding carboxylic acids is 1. The van der Waals surface area contributed by atoms with Crippen molar-refractivity contribution in [1.29, 1.82) is 0 Å². The Morgan fingerprint density at radius 3 is 2.38 bits per heavy atom. The van der Waals surface area contributed by atoms with Gasteiger partial charge in [-0.3, -0.25) is 9.69 Å². The van der Waals surface area contributed by atoms with E-state index in [1.165, 1.54) is 57.3 Å². The Morgan fingerprint density at radius 1 is 0.962 bits per heavy atom. The Balaban J connectivity index is 1.27. The minimum absolute atomic E-state index is 0.298. The maximum Gasteiger partial charge on any atom is 0.225 e. The van der Waals surface area contributed by atoms with Gasteiger partial charge in [0.05, 0.1) is 5.69 Å². The van der Waals surface area contributed by atoms with E-state index in [1.54, 1.807) is 11.3 Å². The first-order valence-corrected chi connectivity index (χ1v) is 11.4. The van der Waals surface area contributed by atoms with Gasteiger partial charge in [-0.2, -0.15) is 0 Å². The zero-order chi connectivity index (χ0) is 17.8. The standard InChI is InChI=1S/C20H32N4OS/c25-19(17-7-3-1-4-8-17)23-11-13-24(14-12-23)20-21-18(16-26-20)15-22-9-5-2-6-10-22/h16-17H,1-15H2. The Labute approximate surface area is 161 Å². The van der Waals surface area contributed by atoms with Crippen LogP contribution in [0.25, 0.3) is 0 Å². The van der Waals surface area contributed by atoms with Gasteiger partial charge in [-0.1, -0.05) is 25.7 Å². The zero-order valence-electron chi connectivity index (χ0n) is 15.9. The van der Waals surface area contributed by atoms with Crippen molar-refractivity contribution >= 4 is 22.4 Å². The summed E-state index contributed by atoms with van der Waals surface area (Å²) in [6, 6.07) is 0. The first kappa shape index (κ1) is 18.2. The van der Waals surface area contributed by atoms with E-state index in [1.807, 2.05) is 0 Å². The highest BCUT2D eigenvalue weighted by molar-refractivity contribution is 7.13. The van der Waals surface area contributed by atoms with Gasteiger partial charge in [0.1, 0.15) is 0 Å². The van der Waals surface area contributed by atoms with Crippen molar-refractivity contribution < 1.29 is 4.79 Å². The summed E-state index contributed by atoms with van der Waals surface area (Å²) in [5.74, 6) is 0.709. The molecule has 0 atom stereocenters. The predicted molar refractivity (Wildman–Crippen MR) is 107 cm³/mol. The van der Waals surface area contributed by atoms with Crippen LogP contribution in [0.1, 0.15) is 57.1 Å². The third kappa shape index (κ3) is 4.39. The summed E-state index contributed by atoms with van der Waals surface area (Å²) in [5, 5.41) is 3.37. The maximum atomic E-state index is 12.7. The molecule has 3 aliphatic rings. The van der Waals surface area contributed by atoms with Crippen molar-refractivity contribution in [3.63, 3.8) is 0 Å². The van der Waals surface area contributed by atoms with E-state index in [0.29, 0.717) is 11.8 Å². The fraction of sp³-hybridized carbons (Fsp3) is 0.800. The average molecular weight is 377 g/mol. The summed E-state index contributed by atoms with van der Waals surface area (Å²) < 4.78 is 0. The van der Waals surface area contributed by atoms with E-state index in [9.17, 15) is 4.79 Å². The third-order valence-corrected chi connectivity index (χ3v) is 7.14. The van der Waals surface area contributed by atoms with E-state index in [0.717, 1.165) is 50.7 Å². The van der Waals surface area contributed by atoms with Crippen LogP contribution in [0.4, 0.5) is 5.13 Å². The first-order chi connectivity index (χ1) is 12.8. The quantitative estimate of drug-likeness (QED) is 0.808. The molecule has 0 aromatic carbocycles. The zero-order valence-corrected chi connectivity index (χ0v) is 16.7. The van der Waals surface area contributed by atoms with Crippen LogP contribution >= 0.6 is 11.3 Å². The number of piperazine rings is 1. The van der Waals surface area contributed by atoms with E-state index in [-0.39, 0.29) is 0 Å². The molecule has 3 heterocycles. The molecule has 1 aromatic heterocycles. The van der Waals surface area contributed by atoms with Crippen molar-refractivity contribution in [2.24, 2.45) is 5.92 Å². The second-order valence-electron chi connectivity index (χ2n) is 8.11. The molecule has 0 spiro atoms. The molecule has 3 fully saturated rings. The van der Waals surface area contributed by atoms with Crippen molar-refractivity contribution in [2.75, 3.05) is 44.2 Å². The SMILES string of the molecule is O=C(C1CCCCC1)N1CCN(c2nc(CN3CCCCC3)cs2)CC1.